The van der Waals surface area contributed by atoms with Crippen molar-refractivity contribution in [1.82, 2.24) is 9.80 Å². The van der Waals surface area contributed by atoms with Crippen LogP contribution in [-0.4, -0.2) is 66.9 Å². The van der Waals surface area contributed by atoms with Gasteiger partial charge in [-0.2, -0.15) is 0 Å². The van der Waals surface area contributed by atoms with E-state index < -0.39 is 0 Å². The second-order valence-corrected chi connectivity index (χ2v) is 7.80. The minimum absolute atomic E-state index is 0.500. The van der Waals surface area contributed by atoms with Gasteiger partial charge >= 0.3 is 0 Å². The number of ether oxygens (including phenoxy) is 1. The smallest absolute Gasteiger partial charge is 0.0824 e. The highest BCUT2D eigenvalue weighted by molar-refractivity contribution is 8.01. The quantitative estimate of drug-likeness (QED) is 0.775. The van der Waals surface area contributed by atoms with Gasteiger partial charge in [-0.3, -0.25) is 9.80 Å². The molecule has 0 aromatic heterocycles. The molecular formula is C14H26N2OS. The number of methoxy groups -OCH3 is 1. The zero-order valence-electron chi connectivity index (χ0n) is 11.7. The van der Waals surface area contributed by atoms with E-state index in [0.717, 1.165) is 18.5 Å². The molecule has 0 aromatic rings. The summed E-state index contributed by atoms with van der Waals surface area (Å²) in [5.41, 5.74) is 0.545. The van der Waals surface area contributed by atoms with Crippen LogP contribution in [0.1, 0.15) is 26.2 Å². The second kappa shape index (κ2) is 5.31. The molecule has 0 bridgehead atoms. The monoisotopic (exact) mass is 270 g/mol. The molecule has 104 valence electrons. The van der Waals surface area contributed by atoms with Crippen molar-refractivity contribution in [2.75, 3.05) is 45.6 Å². The molecule has 3 aliphatic heterocycles. The van der Waals surface area contributed by atoms with Crippen LogP contribution < -0.4 is 0 Å². The maximum absolute atomic E-state index is 5.36. The van der Waals surface area contributed by atoms with Crippen LogP contribution in [-0.2, 0) is 4.74 Å². The number of piperidine rings is 1. The van der Waals surface area contributed by atoms with E-state index in [1.807, 2.05) is 7.11 Å². The lowest BCUT2D eigenvalue weighted by Gasteiger charge is -2.49. The zero-order chi connectivity index (χ0) is 12.6. The summed E-state index contributed by atoms with van der Waals surface area (Å²) in [6.07, 6.45) is 4.67. The highest BCUT2D eigenvalue weighted by Crippen LogP contribution is 2.38. The first-order valence-electron chi connectivity index (χ1n) is 7.29. The van der Waals surface area contributed by atoms with Crippen LogP contribution in [0, 0.1) is 5.41 Å². The summed E-state index contributed by atoms with van der Waals surface area (Å²) >= 11 is 2.14. The molecule has 0 N–H and O–H groups in total. The Hall–Kier alpha value is 0.230. The van der Waals surface area contributed by atoms with Crippen LogP contribution in [0.4, 0.5) is 0 Å². The van der Waals surface area contributed by atoms with Crippen LogP contribution >= 0.6 is 11.8 Å². The van der Waals surface area contributed by atoms with Crippen LogP contribution in [0.15, 0.2) is 0 Å². The molecule has 3 aliphatic rings. The lowest BCUT2D eigenvalue weighted by molar-refractivity contribution is -0.0542. The van der Waals surface area contributed by atoms with E-state index >= 15 is 0 Å². The van der Waals surface area contributed by atoms with Crippen LogP contribution in [0.3, 0.4) is 0 Å². The molecule has 4 heteroatoms. The summed E-state index contributed by atoms with van der Waals surface area (Å²) < 4.78 is 5.36. The van der Waals surface area contributed by atoms with E-state index in [9.17, 15) is 0 Å². The molecular weight excluding hydrogens is 244 g/mol. The normalized spacial score (nSPS) is 34.0. The number of hydrogen-bond donors (Lipinski definition) is 0. The van der Waals surface area contributed by atoms with Crippen LogP contribution in [0.25, 0.3) is 0 Å². The maximum atomic E-state index is 5.36. The van der Waals surface area contributed by atoms with Gasteiger partial charge in [-0.05, 0) is 43.5 Å². The van der Waals surface area contributed by atoms with Crippen LogP contribution in [0.5, 0.6) is 0 Å². The van der Waals surface area contributed by atoms with E-state index in [-0.39, 0.29) is 0 Å². The molecule has 1 unspecified atom stereocenters. The van der Waals surface area contributed by atoms with Gasteiger partial charge in [-0.1, -0.05) is 6.92 Å². The van der Waals surface area contributed by atoms with Gasteiger partial charge in [0, 0.05) is 26.7 Å². The Morgan fingerprint density at radius 1 is 1.28 bits per heavy atom. The average molecular weight is 270 g/mol. The first-order chi connectivity index (χ1) is 8.68. The van der Waals surface area contributed by atoms with Gasteiger partial charge in [0.05, 0.1) is 11.5 Å². The average Bonchev–Trinajstić information content (AvgIpc) is 2.24. The topological polar surface area (TPSA) is 15.7 Å². The van der Waals surface area contributed by atoms with Gasteiger partial charge in [-0.15, -0.1) is 11.8 Å². The third kappa shape index (κ3) is 2.72. The summed E-state index contributed by atoms with van der Waals surface area (Å²) in [6.45, 7) is 8.69. The summed E-state index contributed by atoms with van der Waals surface area (Å²) in [6, 6.07) is 0. The predicted octanol–water partition coefficient (Wildman–Crippen LogP) is 1.88. The first kappa shape index (κ1) is 13.2. The number of rotatable bonds is 4. The van der Waals surface area contributed by atoms with Crippen molar-refractivity contribution in [1.29, 1.82) is 0 Å². The molecule has 3 nitrogen and oxygen atoms in total. The Bertz CT molecular complexity index is 282. The van der Waals surface area contributed by atoms with Crippen molar-refractivity contribution >= 4 is 11.8 Å². The van der Waals surface area contributed by atoms with Crippen molar-refractivity contribution in [3.63, 3.8) is 0 Å². The van der Waals surface area contributed by atoms with Gasteiger partial charge in [0.1, 0.15) is 0 Å². The molecule has 0 radical (unpaired) electrons. The third-order valence-electron chi connectivity index (χ3n) is 4.95. The summed E-state index contributed by atoms with van der Waals surface area (Å²) in [5.74, 6) is 1.38. The van der Waals surface area contributed by atoms with Crippen LogP contribution in [0.2, 0.25) is 0 Å². The molecule has 3 rings (SSSR count). The van der Waals surface area contributed by atoms with Crippen molar-refractivity contribution in [2.45, 2.75) is 37.7 Å². The summed E-state index contributed by atoms with van der Waals surface area (Å²) in [7, 11) is 1.83. The lowest BCUT2D eigenvalue weighted by atomic mass is 9.79. The Morgan fingerprint density at radius 3 is 2.44 bits per heavy atom. The molecule has 1 atom stereocenters. The van der Waals surface area contributed by atoms with Gasteiger partial charge in [0.2, 0.25) is 0 Å². The Kier molecular flexibility index (Phi) is 3.90. The standard InChI is InChI=1S/C14H26N2OS/c1-14(11-15-9-12(10-15)17-2)4-6-16(7-5-14)13-3-8-18-13/h12-13H,3-11H2,1-2H3. The molecule has 0 amide bonds. The van der Waals surface area contributed by atoms with Gasteiger partial charge in [-0.25, -0.2) is 0 Å². The van der Waals surface area contributed by atoms with Crippen molar-refractivity contribution in [3.8, 4) is 0 Å². The fraction of sp³-hybridized carbons (Fsp3) is 1.00. The Balaban J connectivity index is 1.42. The lowest BCUT2D eigenvalue weighted by Crippen LogP contribution is -2.56. The number of likely N-dealkylation sites (tertiary alicyclic amines) is 2. The molecule has 3 fully saturated rings. The molecule has 0 saturated carbocycles. The SMILES string of the molecule is COC1CN(CC2(C)CCN(C3CCS3)CC2)C1. The van der Waals surface area contributed by atoms with Crippen molar-refractivity contribution in [2.24, 2.45) is 5.41 Å². The van der Waals surface area contributed by atoms with Crippen molar-refractivity contribution in [3.05, 3.63) is 0 Å². The fourth-order valence-electron chi connectivity index (χ4n) is 3.36. The highest BCUT2D eigenvalue weighted by atomic mass is 32.2. The second-order valence-electron chi connectivity index (χ2n) is 6.51. The largest absolute Gasteiger partial charge is 0.379 e. The molecule has 18 heavy (non-hydrogen) atoms. The van der Waals surface area contributed by atoms with E-state index in [0.29, 0.717) is 11.5 Å². The first-order valence-corrected chi connectivity index (χ1v) is 8.34. The molecule has 3 saturated heterocycles. The molecule has 3 heterocycles. The summed E-state index contributed by atoms with van der Waals surface area (Å²) in [5, 5.41) is 0.858. The minimum atomic E-state index is 0.500. The third-order valence-corrected chi connectivity index (χ3v) is 6.34. The Labute approximate surface area is 115 Å². The van der Waals surface area contributed by atoms with E-state index in [4.69, 9.17) is 4.74 Å². The molecule has 0 spiro atoms. The molecule has 0 aromatic carbocycles. The van der Waals surface area contributed by atoms with Gasteiger partial charge in [0.25, 0.3) is 0 Å². The van der Waals surface area contributed by atoms with Gasteiger partial charge in [0.15, 0.2) is 0 Å². The number of nitrogens with zero attached hydrogens (tertiary/aromatic N) is 2. The summed E-state index contributed by atoms with van der Waals surface area (Å²) in [4.78, 5) is 5.28. The maximum Gasteiger partial charge on any atom is 0.0824 e. The van der Waals surface area contributed by atoms with E-state index in [1.54, 1.807) is 0 Å². The fourth-order valence-corrected chi connectivity index (χ4v) is 4.23. The minimum Gasteiger partial charge on any atom is -0.379 e. The molecule has 0 aliphatic carbocycles. The number of hydrogen-bond acceptors (Lipinski definition) is 4. The number of thioether (sulfide) groups is 1. The Morgan fingerprint density at radius 2 is 1.94 bits per heavy atom. The zero-order valence-corrected chi connectivity index (χ0v) is 12.5. The van der Waals surface area contributed by atoms with Gasteiger partial charge < -0.3 is 4.74 Å². The van der Waals surface area contributed by atoms with Crippen molar-refractivity contribution < 1.29 is 4.74 Å². The van der Waals surface area contributed by atoms with E-state index in [2.05, 4.69) is 28.5 Å². The van der Waals surface area contributed by atoms with E-state index in [1.165, 1.54) is 44.6 Å². The predicted molar refractivity (Wildman–Crippen MR) is 77.0 cm³/mol. The highest BCUT2D eigenvalue weighted by Gasteiger charge is 2.38.